The van der Waals surface area contributed by atoms with E-state index < -0.39 is 21.2 Å². The van der Waals surface area contributed by atoms with Crippen molar-refractivity contribution in [1.29, 1.82) is 0 Å². The maximum atomic E-state index is 12.7. The number of nitrogens with one attached hydrogen (secondary N) is 2. The van der Waals surface area contributed by atoms with E-state index in [1.807, 2.05) is 0 Å². The Hall–Kier alpha value is -2.11. The molecule has 4 rings (SSSR count). The number of benzene rings is 2. The molecule has 164 valence electrons. The van der Waals surface area contributed by atoms with Crippen LogP contribution >= 0.6 is 23.4 Å². The van der Waals surface area contributed by atoms with Gasteiger partial charge < -0.3 is 15.0 Å². The zero-order chi connectivity index (χ0) is 22.0. The molecule has 2 amide bonds. The van der Waals surface area contributed by atoms with E-state index in [1.54, 1.807) is 35.2 Å². The zero-order valence-electron chi connectivity index (χ0n) is 16.3. The molecule has 0 aliphatic carbocycles. The van der Waals surface area contributed by atoms with Crippen molar-refractivity contribution in [3.05, 3.63) is 53.1 Å². The molecule has 2 heterocycles. The van der Waals surface area contributed by atoms with Crippen LogP contribution in [0.4, 0.5) is 5.69 Å². The van der Waals surface area contributed by atoms with Gasteiger partial charge in [0.1, 0.15) is 0 Å². The number of rotatable bonds is 5. The number of thioether (sulfide) groups is 1. The molecule has 11 heteroatoms. The fraction of sp³-hybridized carbons (Fsp3) is 0.300. The first kappa shape index (κ1) is 22.1. The van der Waals surface area contributed by atoms with Crippen LogP contribution in [-0.4, -0.2) is 56.7 Å². The molecule has 0 saturated carbocycles. The van der Waals surface area contributed by atoms with E-state index in [4.69, 9.17) is 16.3 Å². The Morgan fingerprint density at radius 3 is 2.61 bits per heavy atom. The number of amides is 2. The van der Waals surface area contributed by atoms with Gasteiger partial charge in [0, 0.05) is 29.6 Å². The largest absolute Gasteiger partial charge is 0.378 e. The first-order valence-corrected chi connectivity index (χ1v) is 12.3. The molecule has 0 spiro atoms. The summed E-state index contributed by atoms with van der Waals surface area (Å²) in [7, 11) is -3.80. The molecule has 1 atom stereocenters. The average Bonchev–Trinajstić information content (AvgIpc) is 2.78. The molecule has 0 aromatic heterocycles. The Balaban J connectivity index is 1.47. The summed E-state index contributed by atoms with van der Waals surface area (Å²) in [6.07, 6.45) is 0. The van der Waals surface area contributed by atoms with Gasteiger partial charge in [-0.05, 0) is 35.9 Å². The van der Waals surface area contributed by atoms with Crippen LogP contribution in [-0.2, 0) is 30.9 Å². The molecule has 8 nitrogen and oxygen atoms in total. The van der Waals surface area contributed by atoms with Gasteiger partial charge in [-0.2, -0.15) is 0 Å². The normalized spacial score (nSPS) is 18.9. The Morgan fingerprint density at radius 1 is 1.19 bits per heavy atom. The van der Waals surface area contributed by atoms with E-state index >= 15 is 0 Å². The van der Waals surface area contributed by atoms with Gasteiger partial charge in [0.2, 0.25) is 21.8 Å². The van der Waals surface area contributed by atoms with Gasteiger partial charge in [0.25, 0.3) is 0 Å². The summed E-state index contributed by atoms with van der Waals surface area (Å²) in [5.41, 5.74) is 1.13. The molecule has 2 aromatic rings. The number of hydrogen-bond donors (Lipinski definition) is 2. The van der Waals surface area contributed by atoms with Crippen molar-refractivity contribution >= 4 is 50.9 Å². The third kappa shape index (κ3) is 5.04. The lowest BCUT2D eigenvalue weighted by Crippen LogP contribution is -2.49. The Labute approximate surface area is 189 Å². The number of halogens is 1. The molecule has 1 saturated heterocycles. The predicted octanol–water partition coefficient (Wildman–Crippen LogP) is 2.09. The Morgan fingerprint density at radius 2 is 1.90 bits per heavy atom. The second-order valence-corrected chi connectivity index (χ2v) is 10.4. The van der Waals surface area contributed by atoms with E-state index in [-0.39, 0.29) is 17.3 Å². The van der Waals surface area contributed by atoms with Gasteiger partial charge in [0.15, 0.2) is 5.25 Å². The minimum atomic E-state index is -3.80. The maximum Gasteiger partial charge on any atom is 0.247 e. The number of fused-ring (bicyclic) bond motifs is 1. The van der Waals surface area contributed by atoms with Crippen molar-refractivity contribution in [2.24, 2.45) is 0 Å². The summed E-state index contributed by atoms with van der Waals surface area (Å²) in [5.74, 6) is -0.726. The highest BCUT2D eigenvalue weighted by molar-refractivity contribution is 8.01. The molecule has 2 aliphatic heterocycles. The second kappa shape index (κ2) is 9.17. The number of carbonyl (C=O) groups is 2. The highest BCUT2D eigenvalue weighted by atomic mass is 35.5. The summed E-state index contributed by atoms with van der Waals surface area (Å²) in [6, 6.07) is 11.3. The van der Waals surface area contributed by atoms with E-state index in [2.05, 4.69) is 10.0 Å². The van der Waals surface area contributed by atoms with Gasteiger partial charge in [-0.15, -0.1) is 11.8 Å². The molecule has 1 fully saturated rings. The summed E-state index contributed by atoms with van der Waals surface area (Å²) >= 11 is 6.97. The van der Waals surface area contributed by atoms with Crippen LogP contribution in [0.3, 0.4) is 0 Å². The SMILES string of the molecule is O=C1Nc2cc(S(=O)(=O)NCc3ccc(Cl)cc3)ccc2S[C@H]1C(=O)N1CCOCC1. The van der Waals surface area contributed by atoms with Crippen LogP contribution in [0.1, 0.15) is 5.56 Å². The van der Waals surface area contributed by atoms with Crippen molar-refractivity contribution in [1.82, 2.24) is 9.62 Å². The maximum absolute atomic E-state index is 12.7. The van der Waals surface area contributed by atoms with Gasteiger partial charge in [-0.3, -0.25) is 9.59 Å². The average molecular weight is 482 g/mol. The summed E-state index contributed by atoms with van der Waals surface area (Å²) < 4.78 is 33.2. The van der Waals surface area contributed by atoms with Crippen LogP contribution in [0.25, 0.3) is 0 Å². The lowest BCUT2D eigenvalue weighted by atomic mass is 10.2. The number of carbonyl (C=O) groups excluding carboxylic acids is 2. The standard InChI is InChI=1S/C20H20ClN3O5S2/c21-14-3-1-13(2-4-14)12-22-31(27,28)15-5-6-17-16(11-15)23-19(25)18(30-17)20(26)24-7-9-29-10-8-24/h1-6,11,18,22H,7-10,12H2,(H,23,25)/t18-/m1/s1. The lowest BCUT2D eigenvalue weighted by molar-refractivity contribution is -0.137. The smallest absolute Gasteiger partial charge is 0.247 e. The summed E-state index contributed by atoms with van der Waals surface area (Å²) in [5, 5.41) is 2.34. The van der Waals surface area contributed by atoms with Crippen LogP contribution in [0, 0.1) is 0 Å². The molecule has 2 aliphatic rings. The molecular weight excluding hydrogens is 462 g/mol. The van der Waals surface area contributed by atoms with Crippen LogP contribution < -0.4 is 10.0 Å². The van der Waals surface area contributed by atoms with Crippen molar-refractivity contribution in [2.45, 2.75) is 21.6 Å². The van der Waals surface area contributed by atoms with Gasteiger partial charge in [-0.25, -0.2) is 13.1 Å². The molecule has 2 N–H and O–H groups in total. The number of sulfonamides is 1. The highest BCUT2D eigenvalue weighted by Crippen LogP contribution is 2.37. The number of nitrogens with zero attached hydrogens (tertiary/aromatic N) is 1. The van der Waals surface area contributed by atoms with Gasteiger partial charge in [-0.1, -0.05) is 23.7 Å². The highest BCUT2D eigenvalue weighted by Gasteiger charge is 2.36. The zero-order valence-corrected chi connectivity index (χ0v) is 18.7. The topological polar surface area (TPSA) is 105 Å². The molecule has 2 aromatic carbocycles. The quantitative estimate of drug-likeness (QED) is 0.634. The van der Waals surface area contributed by atoms with E-state index in [0.29, 0.717) is 41.9 Å². The van der Waals surface area contributed by atoms with E-state index in [9.17, 15) is 18.0 Å². The molecule has 31 heavy (non-hydrogen) atoms. The monoisotopic (exact) mass is 481 g/mol. The van der Waals surface area contributed by atoms with Crippen molar-refractivity contribution in [3.8, 4) is 0 Å². The number of ether oxygens (including phenoxy) is 1. The van der Waals surface area contributed by atoms with Crippen LogP contribution in [0.2, 0.25) is 5.02 Å². The molecule has 0 radical (unpaired) electrons. The number of anilines is 1. The number of hydrogen-bond acceptors (Lipinski definition) is 6. The van der Waals surface area contributed by atoms with E-state index in [0.717, 1.165) is 17.3 Å². The summed E-state index contributed by atoms with van der Waals surface area (Å²) in [4.78, 5) is 27.6. The minimum absolute atomic E-state index is 0.0269. The fourth-order valence-electron chi connectivity index (χ4n) is 3.23. The molecule has 0 unspecified atom stereocenters. The Bertz CT molecular complexity index is 1100. The van der Waals surface area contributed by atoms with Crippen LogP contribution in [0.15, 0.2) is 52.3 Å². The third-order valence-corrected chi connectivity index (χ3v) is 7.84. The first-order valence-electron chi connectivity index (χ1n) is 9.56. The first-order chi connectivity index (χ1) is 14.8. The predicted molar refractivity (Wildman–Crippen MR) is 118 cm³/mol. The van der Waals surface area contributed by atoms with Crippen molar-refractivity contribution < 1.29 is 22.7 Å². The third-order valence-electron chi connectivity index (χ3n) is 4.93. The second-order valence-electron chi connectivity index (χ2n) is 7.03. The number of morpholine rings is 1. The lowest BCUT2D eigenvalue weighted by Gasteiger charge is -2.31. The van der Waals surface area contributed by atoms with Crippen molar-refractivity contribution in [2.75, 3.05) is 31.6 Å². The van der Waals surface area contributed by atoms with Crippen molar-refractivity contribution in [3.63, 3.8) is 0 Å². The molecule has 0 bridgehead atoms. The van der Waals surface area contributed by atoms with E-state index in [1.165, 1.54) is 12.1 Å². The molecular formula is C20H20ClN3O5S2. The van der Waals surface area contributed by atoms with Gasteiger partial charge in [0.05, 0.1) is 23.8 Å². The summed E-state index contributed by atoms with van der Waals surface area (Å²) in [6.45, 7) is 1.91. The minimum Gasteiger partial charge on any atom is -0.378 e. The van der Waals surface area contributed by atoms with Crippen LogP contribution in [0.5, 0.6) is 0 Å². The Kier molecular flexibility index (Phi) is 6.54. The van der Waals surface area contributed by atoms with Gasteiger partial charge >= 0.3 is 0 Å². The fourth-order valence-corrected chi connectivity index (χ4v) is 5.45.